The predicted molar refractivity (Wildman–Crippen MR) is 67.5 cm³/mol. The van der Waals surface area contributed by atoms with Crippen molar-refractivity contribution in [3.05, 3.63) is 46.4 Å². The molecule has 1 heterocycles. The van der Waals surface area contributed by atoms with Crippen molar-refractivity contribution >= 4 is 17.1 Å². The first-order valence-electron chi connectivity index (χ1n) is 5.44. The molecule has 0 aliphatic carbocycles. The van der Waals surface area contributed by atoms with E-state index in [9.17, 15) is 4.79 Å². The largest absolute Gasteiger partial charge is 0.486 e. The van der Waals surface area contributed by atoms with Crippen LogP contribution in [0.5, 0.6) is 5.75 Å². The first kappa shape index (κ1) is 11.8. The van der Waals surface area contributed by atoms with Crippen molar-refractivity contribution < 1.29 is 9.53 Å². The van der Waals surface area contributed by atoms with Gasteiger partial charge >= 0.3 is 0 Å². The number of carbonyl (C=O) groups is 1. The van der Waals surface area contributed by atoms with Gasteiger partial charge in [-0.25, -0.2) is 4.98 Å². The first-order valence-corrected chi connectivity index (χ1v) is 6.32. The highest BCUT2D eigenvalue weighted by atomic mass is 32.1. The van der Waals surface area contributed by atoms with Crippen molar-refractivity contribution in [1.82, 2.24) is 4.98 Å². The molecule has 0 saturated carbocycles. The van der Waals surface area contributed by atoms with E-state index in [-0.39, 0.29) is 5.78 Å². The minimum absolute atomic E-state index is 0.0970. The van der Waals surface area contributed by atoms with Gasteiger partial charge in [0.1, 0.15) is 17.4 Å². The minimum atomic E-state index is 0.0970. The zero-order valence-electron chi connectivity index (χ0n) is 9.55. The summed E-state index contributed by atoms with van der Waals surface area (Å²) < 4.78 is 5.63. The third kappa shape index (κ3) is 2.91. The van der Waals surface area contributed by atoms with Crippen LogP contribution in [0.4, 0.5) is 0 Å². The third-order valence-electron chi connectivity index (χ3n) is 2.34. The fourth-order valence-electron chi connectivity index (χ4n) is 1.48. The van der Waals surface area contributed by atoms with Crippen LogP contribution < -0.4 is 4.74 Å². The van der Waals surface area contributed by atoms with E-state index in [2.05, 4.69) is 4.98 Å². The molecule has 0 aliphatic heterocycles. The van der Waals surface area contributed by atoms with E-state index in [1.165, 1.54) is 0 Å². The minimum Gasteiger partial charge on any atom is -0.486 e. The maximum atomic E-state index is 11.7. The number of rotatable bonds is 5. The number of aromatic nitrogens is 1. The Morgan fingerprint density at radius 1 is 1.41 bits per heavy atom. The number of hydrogen-bond acceptors (Lipinski definition) is 4. The topological polar surface area (TPSA) is 39.2 Å². The second kappa shape index (κ2) is 5.59. The van der Waals surface area contributed by atoms with E-state index in [0.717, 1.165) is 5.01 Å². The summed E-state index contributed by atoms with van der Waals surface area (Å²) >= 11 is 1.54. The van der Waals surface area contributed by atoms with Crippen LogP contribution in [-0.2, 0) is 6.61 Å². The van der Waals surface area contributed by atoms with Crippen LogP contribution in [0.15, 0.2) is 35.8 Å². The molecule has 3 nitrogen and oxygen atoms in total. The second-order valence-electron chi connectivity index (χ2n) is 3.49. The van der Waals surface area contributed by atoms with Gasteiger partial charge in [0.2, 0.25) is 0 Å². The quantitative estimate of drug-likeness (QED) is 0.761. The zero-order valence-corrected chi connectivity index (χ0v) is 10.4. The Labute approximate surface area is 104 Å². The molecular formula is C13H13NO2S. The lowest BCUT2D eigenvalue weighted by Crippen LogP contribution is -2.02. The Balaban J connectivity index is 2.12. The van der Waals surface area contributed by atoms with Crippen LogP contribution in [0.2, 0.25) is 0 Å². The smallest absolute Gasteiger partial charge is 0.166 e. The van der Waals surface area contributed by atoms with E-state index < -0.39 is 0 Å². The van der Waals surface area contributed by atoms with Crippen LogP contribution in [0.3, 0.4) is 0 Å². The predicted octanol–water partition coefficient (Wildman–Crippen LogP) is 3.31. The average molecular weight is 247 g/mol. The lowest BCUT2D eigenvalue weighted by atomic mass is 10.1. The summed E-state index contributed by atoms with van der Waals surface area (Å²) in [6, 6.07) is 7.32. The van der Waals surface area contributed by atoms with Crippen molar-refractivity contribution in [3.8, 4) is 5.75 Å². The van der Waals surface area contributed by atoms with Crippen LogP contribution in [-0.4, -0.2) is 10.8 Å². The van der Waals surface area contributed by atoms with Crippen LogP contribution in [0, 0.1) is 0 Å². The fraction of sp³-hybridized carbons (Fsp3) is 0.231. The van der Waals surface area contributed by atoms with Gasteiger partial charge in [0.25, 0.3) is 0 Å². The fourth-order valence-corrected chi connectivity index (χ4v) is 2.00. The van der Waals surface area contributed by atoms with Crippen LogP contribution in [0.1, 0.15) is 28.7 Å². The molecule has 88 valence electrons. The Morgan fingerprint density at radius 2 is 2.24 bits per heavy atom. The van der Waals surface area contributed by atoms with Gasteiger partial charge in [-0.2, -0.15) is 0 Å². The second-order valence-corrected chi connectivity index (χ2v) is 4.47. The number of thiazole rings is 1. The molecule has 0 unspecified atom stereocenters. The molecule has 2 aromatic rings. The van der Waals surface area contributed by atoms with Gasteiger partial charge in [0.05, 0.1) is 5.56 Å². The van der Waals surface area contributed by atoms with Crippen LogP contribution >= 0.6 is 11.3 Å². The van der Waals surface area contributed by atoms with Gasteiger partial charge in [0.15, 0.2) is 5.78 Å². The summed E-state index contributed by atoms with van der Waals surface area (Å²) in [5.41, 5.74) is 0.645. The molecule has 17 heavy (non-hydrogen) atoms. The Hall–Kier alpha value is -1.68. The molecule has 2 rings (SSSR count). The number of hydrogen-bond donors (Lipinski definition) is 0. The number of ketones is 1. The molecule has 1 aromatic carbocycles. The molecule has 0 saturated heterocycles. The zero-order chi connectivity index (χ0) is 12.1. The number of ether oxygens (including phenoxy) is 1. The third-order valence-corrected chi connectivity index (χ3v) is 3.10. The van der Waals surface area contributed by atoms with E-state index in [4.69, 9.17) is 4.74 Å². The van der Waals surface area contributed by atoms with Crippen molar-refractivity contribution in [1.29, 1.82) is 0 Å². The molecule has 0 aliphatic rings. The molecule has 0 radical (unpaired) electrons. The molecule has 0 amide bonds. The molecule has 0 bridgehead atoms. The molecule has 0 fully saturated rings. The Kier molecular flexibility index (Phi) is 3.88. The maximum absolute atomic E-state index is 11.7. The molecule has 4 heteroatoms. The van der Waals surface area contributed by atoms with E-state index >= 15 is 0 Å². The summed E-state index contributed by atoms with van der Waals surface area (Å²) in [7, 11) is 0. The van der Waals surface area contributed by atoms with E-state index in [1.807, 2.05) is 30.5 Å². The lowest BCUT2D eigenvalue weighted by molar-refractivity contribution is 0.0983. The van der Waals surface area contributed by atoms with Gasteiger partial charge < -0.3 is 4.74 Å². The highest BCUT2D eigenvalue weighted by molar-refractivity contribution is 7.09. The normalized spacial score (nSPS) is 10.2. The standard InChI is InChI=1S/C13H13NO2S/c1-2-11(15)10-5-3-4-6-12(10)16-9-13-14-7-8-17-13/h3-8H,2,9H2,1H3. The Bertz CT molecular complexity index is 494. The van der Waals surface area contributed by atoms with E-state index in [0.29, 0.717) is 24.3 Å². The van der Waals surface area contributed by atoms with Gasteiger partial charge in [0, 0.05) is 18.0 Å². The number of benzene rings is 1. The first-order chi connectivity index (χ1) is 8.31. The number of nitrogens with zero attached hydrogens (tertiary/aromatic N) is 1. The molecule has 0 N–H and O–H groups in total. The summed E-state index contributed by atoms with van der Waals surface area (Å²) in [6.45, 7) is 2.26. The highest BCUT2D eigenvalue weighted by Crippen LogP contribution is 2.21. The molecule has 1 aromatic heterocycles. The summed E-state index contributed by atoms with van der Waals surface area (Å²) in [6.07, 6.45) is 2.23. The molecule has 0 atom stereocenters. The number of carbonyl (C=O) groups excluding carboxylic acids is 1. The molecule has 0 spiro atoms. The summed E-state index contributed by atoms with van der Waals surface area (Å²) in [4.78, 5) is 15.8. The number of Topliss-reactive ketones (excluding diaryl/α,β-unsaturated/α-hetero) is 1. The van der Waals surface area contributed by atoms with Crippen molar-refractivity contribution in [2.24, 2.45) is 0 Å². The van der Waals surface area contributed by atoms with E-state index in [1.54, 1.807) is 23.6 Å². The van der Waals surface area contributed by atoms with Gasteiger partial charge in [-0.1, -0.05) is 19.1 Å². The monoisotopic (exact) mass is 247 g/mol. The maximum Gasteiger partial charge on any atom is 0.166 e. The SMILES string of the molecule is CCC(=O)c1ccccc1OCc1nccs1. The summed E-state index contributed by atoms with van der Waals surface area (Å²) in [5, 5.41) is 2.81. The summed E-state index contributed by atoms with van der Waals surface area (Å²) in [5.74, 6) is 0.731. The molecular weight excluding hydrogens is 234 g/mol. The number of para-hydroxylation sites is 1. The Morgan fingerprint density at radius 3 is 2.94 bits per heavy atom. The van der Waals surface area contributed by atoms with Gasteiger partial charge in [-0.05, 0) is 12.1 Å². The highest BCUT2D eigenvalue weighted by Gasteiger charge is 2.10. The van der Waals surface area contributed by atoms with Crippen molar-refractivity contribution in [3.63, 3.8) is 0 Å². The van der Waals surface area contributed by atoms with Gasteiger partial charge in [-0.3, -0.25) is 4.79 Å². The van der Waals surface area contributed by atoms with Gasteiger partial charge in [-0.15, -0.1) is 11.3 Å². The van der Waals surface area contributed by atoms with Crippen LogP contribution in [0.25, 0.3) is 0 Å². The average Bonchev–Trinajstić information content (AvgIpc) is 2.89. The van der Waals surface area contributed by atoms with Crippen molar-refractivity contribution in [2.75, 3.05) is 0 Å². The lowest BCUT2D eigenvalue weighted by Gasteiger charge is -2.08. The van der Waals surface area contributed by atoms with Crippen molar-refractivity contribution in [2.45, 2.75) is 20.0 Å².